The van der Waals surface area contributed by atoms with Crippen molar-refractivity contribution < 1.29 is 9.37 Å². The predicted octanol–water partition coefficient (Wildman–Crippen LogP) is 0.839. The first-order valence-corrected chi connectivity index (χ1v) is 3.52. The monoisotopic (exact) mass is 178 g/mol. The van der Waals surface area contributed by atoms with Gasteiger partial charge in [-0.2, -0.15) is 0 Å². The van der Waals surface area contributed by atoms with Crippen molar-refractivity contribution in [1.29, 1.82) is 0 Å². The first-order chi connectivity index (χ1) is 6.36. The summed E-state index contributed by atoms with van der Waals surface area (Å²) in [6.07, 6.45) is 3.17. The topological polar surface area (TPSA) is 87.1 Å². The minimum Gasteiger partial charge on any atom is -0.432 e. The molecule has 6 nitrogen and oxygen atoms in total. The van der Waals surface area contributed by atoms with Crippen LogP contribution in [-0.4, -0.2) is 15.3 Å². The molecule has 6 heteroatoms. The first-order valence-electron chi connectivity index (χ1n) is 3.52. The van der Waals surface area contributed by atoms with E-state index in [1.54, 1.807) is 18.3 Å². The number of nitrogens with zero attached hydrogens (tertiary/aromatic N) is 3. The number of hydrogen-bond donors (Lipinski definition) is 1. The molecule has 0 radical (unpaired) electrons. The van der Waals surface area contributed by atoms with E-state index in [1.165, 1.54) is 6.20 Å². The molecule has 0 saturated heterocycles. The average molecular weight is 178 g/mol. The summed E-state index contributed by atoms with van der Waals surface area (Å²) in [5.41, 5.74) is 5.38. The third kappa shape index (κ3) is 1.56. The number of hydrogen-bond acceptors (Lipinski definition) is 6. The van der Waals surface area contributed by atoms with Crippen LogP contribution in [0.4, 0.5) is 5.82 Å². The van der Waals surface area contributed by atoms with Crippen LogP contribution in [0.15, 0.2) is 29.2 Å². The highest BCUT2D eigenvalue weighted by Crippen LogP contribution is 2.21. The Bertz CT molecular complexity index is 386. The summed E-state index contributed by atoms with van der Waals surface area (Å²) in [5.74, 6) is 0.793. The maximum Gasteiger partial charge on any atom is 0.305 e. The van der Waals surface area contributed by atoms with Crippen LogP contribution in [0.3, 0.4) is 0 Å². The Morgan fingerprint density at radius 1 is 1.38 bits per heavy atom. The van der Waals surface area contributed by atoms with Crippen molar-refractivity contribution >= 4 is 5.82 Å². The lowest BCUT2D eigenvalue weighted by Crippen LogP contribution is -1.90. The van der Waals surface area contributed by atoms with Crippen LogP contribution in [0.2, 0.25) is 0 Å². The Morgan fingerprint density at radius 2 is 2.31 bits per heavy atom. The molecule has 0 aliphatic carbocycles. The second kappa shape index (κ2) is 3.10. The Labute approximate surface area is 73.3 Å². The first kappa shape index (κ1) is 7.53. The van der Waals surface area contributed by atoms with Crippen molar-refractivity contribution in [2.45, 2.75) is 0 Å². The lowest BCUT2D eigenvalue weighted by Gasteiger charge is -1.98. The van der Waals surface area contributed by atoms with Crippen molar-refractivity contribution in [3.63, 3.8) is 0 Å². The molecule has 0 aromatic carbocycles. The molecule has 0 fully saturated rings. The van der Waals surface area contributed by atoms with E-state index in [4.69, 9.17) is 10.5 Å². The molecule has 2 rings (SSSR count). The van der Waals surface area contributed by atoms with Crippen LogP contribution in [0.1, 0.15) is 0 Å². The second-order valence-corrected chi connectivity index (χ2v) is 2.25. The van der Waals surface area contributed by atoms with Gasteiger partial charge in [0.1, 0.15) is 5.75 Å². The molecule has 2 aromatic rings. The molecular formula is C7H6N4O2. The zero-order chi connectivity index (χ0) is 9.10. The van der Waals surface area contributed by atoms with Crippen molar-refractivity contribution in [2.24, 2.45) is 0 Å². The van der Waals surface area contributed by atoms with Gasteiger partial charge >= 0.3 is 5.88 Å². The lowest BCUT2D eigenvalue weighted by atomic mass is 10.5. The summed E-state index contributed by atoms with van der Waals surface area (Å²) in [6, 6.07) is 3.46. The Kier molecular flexibility index (Phi) is 1.79. The standard InChI is InChI=1S/C7H6N4O2/c8-6-7(11-13-10-6)12-5-2-1-3-9-4-5/h1-4H,(H2,8,10). The number of ether oxygens (including phenoxy) is 1. The minimum absolute atomic E-state index is 0.115. The van der Waals surface area contributed by atoms with E-state index in [1.807, 2.05) is 0 Å². The Morgan fingerprint density at radius 3 is 2.92 bits per heavy atom. The van der Waals surface area contributed by atoms with E-state index < -0.39 is 0 Å². The van der Waals surface area contributed by atoms with E-state index in [9.17, 15) is 0 Å². The van der Waals surface area contributed by atoms with Gasteiger partial charge in [0.25, 0.3) is 0 Å². The highest BCUT2D eigenvalue weighted by atomic mass is 16.6. The van der Waals surface area contributed by atoms with E-state index >= 15 is 0 Å². The van der Waals surface area contributed by atoms with Gasteiger partial charge in [-0.15, -0.1) is 0 Å². The SMILES string of the molecule is Nc1nonc1Oc1cccnc1. The summed E-state index contributed by atoms with van der Waals surface area (Å²) >= 11 is 0. The third-order valence-corrected chi connectivity index (χ3v) is 1.33. The van der Waals surface area contributed by atoms with Gasteiger partial charge in [0.2, 0.25) is 5.82 Å². The molecule has 0 amide bonds. The zero-order valence-corrected chi connectivity index (χ0v) is 6.54. The normalized spacial score (nSPS) is 9.85. The summed E-state index contributed by atoms with van der Waals surface area (Å²) in [7, 11) is 0. The van der Waals surface area contributed by atoms with Gasteiger partial charge in [-0.25, -0.2) is 4.63 Å². The lowest BCUT2D eigenvalue weighted by molar-refractivity contribution is 0.290. The molecule has 0 bridgehead atoms. The van der Waals surface area contributed by atoms with Gasteiger partial charge in [0.15, 0.2) is 0 Å². The quantitative estimate of drug-likeness (QED) is 0.733. The van der Waals surface area contributed by atoms with Crippen molar-refractivity contribution in [3.05, 3.63) is 24.5 Å². The van der Waals surface area contributed by atoms with Gasteiger partial charge in [0.05, 0.1) is 6.20 Å². The van der Waals surface area contributed by atoms with Gasteiger partial charge in [0, 0.05) is 6.20 Å². The molecule has 2 N–H and O–H groups in total. The van der Waals surface area contributed by atoms with E-state index in [0.717, 1.165) is 0 Å². The number of pyridine rings is 1. The molecule has 2 aromatic heterocycles. The van der Waals surface area contributed by atoms with Crippen LogP contribution in [0.5, 0.6) is 11.6 Å². The van der Waals surface area contributed by atoms with Gasteiger partial charge in [-0.1, -0.05) is 0 Å². The minimum atomic E-state index is 0.115. The van der Waals surface area contributed by atoms with Crippen LogP contribution >= 0.6 is 0 Å². The largest absolute Gasteiger partial charge is 0.432 e. The highest BCUT2D eigenvalue weighted by molar-refractivity contribution is 5.39. The Balaban J connectivity index is 2.20. The van der Waals surface area contributed by atoms with Crippen LogP contribution in [-0.2, 0) is 0 Å². The zero-order valence-electron chi connectivity index (χ0n) is 6.54. The number of aromatic nitrogens is 3. The highest BCUT2D eigenvalue weighted by Gasteiger charge is 2.07. The maximum atomic E-state index is 5.38. The number of rotatable bonds is 2. The summed E-state index contributed by atoms with van der Waals surface area (Å²) < 4.78 is 9.54. The third-order valence-electron chi connectivity index (χ3n) is 1.33. The molecule has 0 aliphatic rings. The summed E-state index contributed by atoms with van der Waals surface area (Å²) in [6.45, 7) is 0. The molecule has 0 spiro atoms. The van der Waals surface area contributed by atoms with Crippen molar-refractivity contribution in [3.8, 4) is 11.6 Å². The molecule has 0 atom stereocenters. The maximum absolute atomic E-state index is 5.38. The summed E-state index contributed by atoms with van der Waals surface area (Å²) in [4.78, 5) is 3.85. The van der Waals surface area contributed by atoms with Crippen molar-refractivity contribution in [1.82, 2.24) is 15.3 Å². The molecule has 0 saturated carbocycles. The van der Waals surface area contributed by atoms with Gasteiger partial charge in [-0.05, 0) is 22.4 Å². The van der Waals surface area contributed by atoms with Crippen molar-refractivity contribution in [2.75, 3.05) is 5.73 Å². The van der Waals surface area contributed by atoms with Crippen LogP contribution in [0.25, 0.3) is 0 Å². The smallest absolute Gasteiger partial charge is 0.305 e. The molecular weight excluding hydrogens is 172 g/mol. The predicted molar refractivity (Wildman–Crippen MR) is 43.0 cm³/mol. The fourth-order valence-electron chi connectivity index (χ4n) is 0.777. The Hall–Kier alpha value is -2.11. The average Bonchev–Trinajstić information content (AvgIpc) is 2.54. The fraction of sp³-hybridized carbons (Fsp3) is 0. The van der Waals surface area contributed by atoms with Gasteiger partial charge in [-0.3, -0.25) is 4.98 Å². The van der Waals surface area contributed by atoms with Gasteiger partial charge < -0.3 is 10.5 Å². The molecule has 13 heavy (non-hydrogen) atoms. The number of nitrogen functional groups attached to an aromatic ring is 1. The van der Waals surface area contributed by atoms with E-state index in [2.05, 4.69) is 19.9 Å². The van der Waals surface area contributed by atoms with E-state index in [0.29, 0.717) is 5.75 Å². The molecule has 66 valence electrons. The van der Waals surface area contributed by atoms with Crippen LogP contribution < -0.4 is 10.5 Å². The molecule has 2 heterocycles. The second-order valence-electron chi connectivity index (χ2n) is 2.25. The summed E-state index contributed by atoms with van der Waals surface area (Å²) in [5, 5.41) is 6.81. The molecule has 0 unspecified atom stereocenters. The van der Waals surface area contributed by atoms with E-state index in [-0.39, 0.29) is 11.7 Å². The fourth-order valence-corrected chi connectivity index (χ4v) is 0.777. The molecule has 0 aliphatic heterocycles. The van der Waals surface area contributed by atoms with Crippen LogP contribution in [0, 0.1) is 0 Å². The number of anilines is 1. The number of nitrogens with two attached hydrogens (primary N) is 1.